The maximum Gasteiger partial charge on any atom is 0.245 e. The summed E-state index contributed by atoms with van der Waals surface area (Å²) in [6.45, 7) is 13.8. The summed E-state index contributed by atoms with van der Waals surface area (Å²) in [5.74, 6) is -3.16. The Morgan fingerprint density at radius 1 is 1.03 bits per heavy atom. The van der Waals surface area contributed by atoms with Gasteiger partial charge in [-0.05, 0) is 114 Å². The minimum atomic E-state index is -2.72. The van der Waals surface area contributed by atoms with Crippen LogP contribution in [0.1, 0.15) is 110 Å². The molecule has 1 atom stereocenters. The van der Waals surface area contributed by atoms with Gasteiger partial charge in [0.25, 0.3) is 0 Å². The van der Waals surface area contributed by atoms with Crippen molar-refractivity contribution >= 4 is 11.9 Å². The molecular formula is C33H46F2O. The molecule has 1 aliphatic carbocycles. The number of carbonyl (C=O) groups is 1. The van der Waals surface area contributed by atoms with E-state index in [4.69, 9.17) is 0 Å². The van der Waals surface area contributed by atoms with Gasteiger partial charge in [-0.15, -0.1) is 0 Å². The molecule has 0 amide bonds. The SMILES string of the molecule is CCC/C=C(C)/C(=C(\C(=C(C)C)C1=C(C)CCCC1)c1ccc(C)cc1)C(C=O)CCCC(C)(F)F. The number of carbonyl (C=O) groups excluding carboxylic acids is 1. The zero-order valence-corrected chi connectivity index (χ0v) is 23.6. The van der Waals surface area contributed by atoms with Crippen LogP contribution in [0.5, 0.6) is 0 Å². The van der Waals surface area contributed by atoms with Gasteiger partial charge in [0.2, 0.25) is 5.92 Å². The number of alkyl halides is 2. The van der Waals surface area contributed by atoms with Crippen molar-refractivity contribution in [1.29, 1.82) is 0 Å². The Morgan fingerprint density at radius 2 is 1.67 bits per heavy atom. The molecule has 1 aromatic carbocycles. The van der Waals surface area contributed by atoms with Gasteiger partial charge in [0.05, 0.1) is 0 Å². The van der Waals surface area contributed by atoms with Crippen LogP contribution in [0.2, 0.25) is 0 Å². The largest absolute Gasteiger partial charge is 0.303 e. The lowest BCUT2D eigenvalue weighted by molar-refractivity contribution is -0.110. The first-order valence-electron chi connectivity index (χ1n) is 13.7. The summed E-state index contributed by atoms with van der Waals surface area (Å²) < 4.78 is 27.3. The second-order valence-corrected chi connectivity index (χ2v) is 10.9. The van der Waals surface area contributed by atoms with Gasteiger partial charge in [0.1, 0.15) is 6.29 Å². The maximum atomic E-state index is 13.7. The second-order valence-electron chi connectivity index (χ2n) is 10.9. The Kier molecular flexibility index (Phi) is 11.5. The van der Waals surface area contributed by atoms with Crippen molar-refractivity contribution in [2.45, 2.75) is 112 Å². The molecule has 0 N–H and O–H groups in total. The third-order valence-electron chi connectivity index (χ3n) is 7.24. The van der Waals surface area contributed by atoms with Crippen LogP contribution in [0, 0.1) is 12.8 Å². The van der Waals surface area contributed by atoms with Crippen LogP contribution in [-0.2, 0) is 4.79 Å². The van der Waals surface area contributed by atoms with Crippen LogP contribution < -0.4 is 0 Å². The third kappa shape index (κ3) is 8.39. The summed E-state index contributed by atoms with van der Waals surface area (Å²) in [4.78, 5) is 12.6. The van der Waals surface area contributed by atoms with E-state index in [1.54, 1.807) is 0 Å². The van der Waals surface area contributed by atoms with Crippen LogP contribution in [0.4, 0.5) is 8.78 Å². The van der Waals surface area contributed by atoms with Gasteiger partial charge in [0.15, 0.2) is 0 Å². The fraction of sp³-hybridized carbons (Fsp3) is 0.545. The van der Waals surface area contributed by atoms with Crippen molar-refractivity contribution in [1.82, 2.24) is 0 Å². The standard InChI is InChI=1S/C33H46F2O/c1-8-9-13-26(6)31(28(22-36)15-12-21-33(7,34)35)32(27-19-17-24(4)18-20-27)30(23(2)3)29-16-11-10-14-25(29)5/h13,17-20,22,28H,8-12,14-16,21H2,1-7H3/b26-13+,32-31+. The minimum absolute atomic E-state index is 0.206. The molecule has 198 valence electrons. The fourth-order valence-electron chi connectivity index (χ4n) is 5.31. The van der Waals surface area contributed by atoms with Gasteiger partial charge >= 0.3 is 0 Å². The summed E-state index contributed by atoms with van der Waals surface area (Å²) in [5, 5.41) is 0. The van der Waals surface area contributed by atoms with Gasteiger partial charge in [-0.1, -0.05) is 66.0 Å². The molecule has 1 aliphatic rings. The van der Waals surface area contributed by atoms with Crippen LogP contribution >= 0.6 is 0 Å². The molecular weight excluding hydrogens is 450 g/mol. The molecule has 1 unspecified atom stereocenters. The first-order chi connectivity index (χ1) is 17.0. The average molecular weight is 497 g/mol. The predicted molar refractivity (Wildman–Crippen MR) is 150 cm³/mol. The van der Waals surface area contributed by atoms with Gasteiger partial charge < -0.3 is 4.79 Å². The van der Waals surface area contributed by atoms with Gasteiger partial charge in [-0.3, -0.25) is 0 Å². The van der Waals surface area contributed by atoms with Crippen molar-refractivity contribution < 1.29 is 13.6 Å². The fourth-order valence-corrected chi connectivity index (χ4v) is 5.31. The molecule has 36 heavy (non-hydrogen) atoms. The number of unbranched alkanes of at least 4 members (excludes halogenated alkanes) is 1. The van der Waals surface area contributed by atoms with E-state index in [1.807, 2.05) is 0 Å². The molecule has 1 nitrogen and oxygen atoms in total. The summed E-state index contributed by atoms with van der Waals surface area (Å²) >= 11 is 0. The van der Waals surface area contributed by atoms with E-state index in [0.29, 0.717) is 12.8 Å². The lowest BCUT2D eigenvalue weighted by Gasteiger charge is -2.29. The summed E-state index contributed by atoms with van der Waals surface area (Å²) in [5.41, 5.74) is 10.7. The van der Waals surface area contributed by atoms with Crippen LogP contribution in [0.15, 0.2) is 63.8 Å². The number of hydrogen-bond donors (Lipinski definition) is 0. The molecule has 1 aromatic rings. The third-order valence-corrected chi connectivity index (χ3v) is 7.24. The molecule has 0 spiro atoms. The van der Waals surface area contributed by atoms with E-state index in [9.17, 15) is 13.6 Å². The quantitative estimate of drug-likeness (QED) is 0.208. The zero-order chi connectivity index (χ0) is 26.9. The number of benzene rings is 1. The van der Waals surface area contributed by atoms with Crippen LogP contribution in [-0.4, -0.2) is 12.2 Å². The van der Waals surface area contributed by atoms with E-state index < -0.39 is 11.8 Å². The molecule has 2 rings (SSSR count). The van der Waals surface area contributed by atoms with Crippen LogP contribution in [0.25, 0.3) is 5.57 Å². The molecule has 0 saturated heterocycles. The molecule has 0 saturated carbocycles. The minimum Gasteiger partial charge on any atom is -0.303 e. The Labute approximate surface area is 218 Å². The van der Waals surface area contributed by atoms with E-state index in [-0.39, 0.29) is 6.42 Å². The predicted octanol–water partition coefficient (Wildman–Crippen LogP) is 10.4. The maximum absolute atomic E-state index is 13.7. The monoisotopic (exact) mass is 496 g/mol. The summed E-state index contributed by atoms with van der Waals surface area (Å²) in [7, 11) is 0. The highest BCUT2D eigenvalue weighted by Crippen LogP contribution is 2.44. The summed E-state index contributed by atoms with van der Waals surface area (Å²) in [6, 6.07) is 8.55. The normalized spacial score (nSPS) is 16.5. The van der Waals surface area contributed by atoms with Crippen molar-refractivity contribution in [3.63, 3.8) is 0 Å². The van der Waals surface area contributed by atoms with Crippen molar-refractivity contribution in [2.75, 3.05) is 0 Å². The molecule has 0 radical (unpaired) electrons. The van der Waals surface area contributed by atoms with Gasteiger partial charge in [-0.2, -0.15) is 0 Å². The highest BCUT2D eigenvalue weighted by atomic mass is 19.3. The zero-order valence-electron chi connectivity index (χ0n) is 23.6. The van der Waals surface area contributed by atoms with Crippen LogP contribution in [0.3, 0.4) is 0 Å². The number of aryl methyl sites for hydroxylation is 1. The topological polar surface area (TPSA) is 17.1 Å². The molecule has 0 heterocycles. The van der Waals surface area contributed by atoms with E-state index in [1.165, 1.54) is 34.3 Å². The van der Waals surface area contributed by atoms with E-state index in [0.717, 1.165) is 67.6 Å². The lowest BCUT2D eigenvalue weighted by Crippen LogP contribution is -2.15. The molecule has 0 bridgehead atoms. The van der Waals surface area contributed by atoms with E-state index in [2.05, 4.69) is 71.9 Å². The van der Waals surface area contributed by atoms with Crippen molar-refractivity contribution in [3.05, 3.63) is 74.9 Å². The number of halogens is 2. The molecule has 0 aromatic heterocycles. The lowest BCUT2D eigenvalue weighted by atomic mass is 9.75. The number of allylic oxidation sites excluding steroid dienone is 8. The van der Waals surface area contributed by atoms with Gasteiger partial charge in [-0.25, -0.2) is 8.78 Å². The molecule has 0 fully saturated rings. The van der Waals surface area contributed by atoms with Crippen molar-refractivity contribution in [3.8, 4) is 0 Å². The number of hydrogen-bond acceptors (Lipinski definition) is 1. The Morgan fingerprint density at radius 3 is 2.19 bits per heavy atom. The highest BCUT2D eigenvalue weighted by Gasteiger charge is 2.28. The summed E-state index contributed by atoms with van der Waals surface area (Å²) in [6.07, 6.45) is 10.2. The average Bonchev–Trinajstić information content (AvgIpc) is 2.81. The Bertz CT molecular complexity index is 1010. The van der Waals surface area contributed by atoms with Crippen molar-refractivity contribution in [2.24, 2.45) is 5.92 Å². The second kappa shape index (κ2) is 13.9. The Balaban J connectivity index is 2.89. The first kappa shape index (κ1) is 29.9. The van der Waals surface area contributed by atoms with Gasteiger partial charge in [0, 0.05) is 12.3 Å². The number of aldehydes is 1. The first-order valence-corrected chi connectivity index (χ1v) is 13.7. The Hall–Kier alpha value is -2.29. The van der Waals surface area contributed by atoms with E-state index >= 15 is 0 Å². The highest BCUT2D eigenvalue weighted by molar-refractivity contribution is 5.91. The smallest absolute Gasteiger partial charge is 0.245 e. The number of rotatable bonds is 12. The molecule has 3 heteroatoms. The molecule has 0 aliphatic heterocycles.